The molecule has 4 atom stereocenters. The maximum absolute atomic E-state index is 12.8. The lowest BCUT2D eigenvalue weighted by Gasteiger charge is -2.44. The van der Waals surface area contributed by atoms with E-state index in [0.717, 1.165) is 0 Å². The summed E-state index contributed by atoms with van der Waals surface area (Å²) in [6.45, 7) is 3.36. The summed E-state index contributed by atoms with van der Waals surface area (Å²) in [6.07, 6.45) is 0. The van der Waals surface area contributed by atoms with E-state index < -0.39 is 45.2 Å². The zero-order chi connectivity index (χ0) is 24.2. The predicted octanol–water partition coefficient (Wildman–Crippen LogP) is 0.00160. The monoisotopic (exact) mass is 482 g/mol. The van der Waals surface area contributed by atoms with Crippen LogP contribution in [-0.4, -0.2) is 76.4 Å². The van der Waals surface area contributed by atoms with Gasteiger partial charge in [-0.2, -0.15) is 0 Å². The highest BCUT2D eigenvalue weighted by atomic mass is 32.2. The van der Waals surface area contributed by atoms with Gasteiger partial charge in [0.15, 0.2) is 0 Å². The molecular formula is C20H26N4O8S. The van der Waals surface area contributed by atoms with Gasteiger partial charge in [0.1, 0.15) is 36.7 Å². The Balaban J connectivity index is 1.51. The van der Waals surface area contributed by atoms with Crippen LogP contribution in [0.5, 0.6) is 0 Å². The number of thioether (sulfide) groups is 1. The molecule has 33 heavy (non-hydrogen) atoms. The van der Waals surface area contributed by atoms with Gasteiger partial charge in [0, 0.05) is 4.75 Å². The molecule has 0 aliphatic carbocycles. The van der Waals surface area contributed by atoms with E-state index in [9.17, 15) is 24.5 Å². The fraction of sp³-hybridized carbons (Fsp3) is 0.550. The van der Waals surface area contributed by atoms with Crippen LogP contribution < -0.4 is 11.1 Å². The molecule has 0 radical (unpaired) electrons. The first-order chi connectivity index (χ1) is 15.6. The minimum Gasteiger partial charge on any atom is -0.462 e. The number of fused-ring (bicyclic) bond motifs is 1. The second-order valence-electron chi connectivity index (χ2n) is 7.97. The number of carbonyl (C=O) groups excluding carboxylic acids is 3. The lowest BCUT2D eigenvalue weighted by atomic mass is 9.95. The zero-order valence-corrected chi connectivity index (χ0v) is 19.0. The quantitative estimate of drug-likeness (QED) is 0.144. The van der Waals surface area contributed by atoms with Crippen molar-refractivity contribution in [2.75, 3.05) is 26.4 Å². The van der Waals surface area contributed by atoms with Crippen LogP contribution in [0.25, 0.3) is 0 Å². The number of nitrogens with two attached hydrogens (primary N) is 1. The molecule has 2 aliphatic heterocycles. The average molecular weight is 483 g/mol. The molecule has 180 valence electrons. The number of amides is 2. The second-order valence-corrected chi connectivity index (χ2v) is 9.74. The molecule has 2 aliphatic rings. The van der Waals surface area contributed by atoms with Crippen LogP contribution in [0.1, 0.15) is 25.5 Å². The molecule has 2 heterocycles. The summed E-state index contributed by atoms with van der Waals surface area (Å²) < 4.78 is 9.71. The van der Waals surface area contributed by atoms with Crippen molar-refractivity contribution >= 4 is 29.5 Å². The Morgan fingerprint density at radius 3 is 2.58 bits per heavy atom. The van der Waals surface area contributed by atoms with E-state index >= 15 is 0 Å². The Kier molecular flexibility index (Phi) is 7.76. The van der Waals surface area contributed by atoms with Crippen molar-refractivity contribution in [3.63, 3.8) is 0 Å². The Morgan fingerprint density at radius 1 is 1.24 bits per heavy atom. The lowest BCUT2D eigenvalue weighted by Crippen LogP contribution is -2.71. The molecule has 3 rings (SSSR count). The molecular weight excluding hydrogens is 456 g/mol. The predicted molar refractivity (Wildman–Crippen MR) is 116 cm³/mol. The van der Waals surface area contributed by atoms with Gasteiger partial charge in [-0.3, -0.25) is 9.59 Å². The molecule has 0 aromatic heterocycles. The first kappa shape index (κ1) is 24.7. The van der Waals surface area contributed by atoms with E-state index in [1.54, 1.807) is 24.3 Å². The number of rotatable bonds is 11. The lowest BCUT2D eigenvalue weighted by molar-refractivity contribution is -0.758. The van der Waals surface area contributed by atoms with Gasteiger partial charge in [-0.25, -0.2) is 4.79 Å². The maximum atomic E-state index is 12.8. The van der Waals surface area contributed by atoms with Gasteiger partial charge in [-0.1, -0.05) is 30.3 Å². The standard InChI is InChI=1S/C20H26N4O8S/c1-20(2)15(19(27)31-10-8-30-9-11-32-24(28)29)23-17(26)14(18(23)33-20)22-16(25)13(21)12-6-4-3-5-7-12/h3-7,13-15,18H,8-11,21H2,1-2H3,(H,22,25)/t13-,14?,15?,18?/m0/s1. The number of hydrogen-bond donors (Lipinski definition) is 2. The molecule has 2 amide bonds. The van der Waals surface area contributed by atoms with Crippen molar-refractivity contribution in [3.8, 4) is 0 Å². The van der Waals surface area contributed by atoms with E-state index in [1.807, 2.05) is 19.9 Å². The average Bonchev–Trinajstić information content (AvgIpc) is 3.04. The number of esters is 1. The van der Waals surface area contributed by atoms with Gasteiger partial charge < -0.3 is 30.3 Å². The van der Waals surface area contributed by atoms with E-state index in [1.165, 1.54) is 16.7 Å². The molecule has 3 unspecified atom stereocenters. The normalized spacial score (nSPS) is 23.8. The third-order valence-electron chi connectivity index (χ3n) is 5.30. The number of ether oxygens (including phenoxy) is 2. The van der Waals surface area contributed by atoms with Gasteiger partial charge >= 0.3 is 5.97 Å². The molecule has 1 aromatic carbocycles. The third-order valence-corrected chi connectivity index (χ3v) is 6.87. The van der Waals surface area contributed by atoms with Gasteiger partial charge in [0.2, 0.25) is 11.8 Å². The first-order valence-electron chi connectivity index (χ1n) is 10.3. The largest absolute Gasteiger partial charge is 0.462 e. The van der Waals surface area contributed by atoms with Crippen LogP contribution in [-0.2, 0) is 28.7 Å². The van der Waals surface area contributed by atoms with Gasteiger partial charge in [-0.05, 0) is 19.4 Å². The number of hydrogen-bond acceptors (Lipinski definition) is 10. The van der Waals surface area contributed by atoms with Crippen LogP contribution >= 0.6 is 11.8 Å². The summed E-state index contributed by atoms with van der Waals surface area (Å²) in [7, 11) is 0. The van der Waals surface area contributed by atoms with Crippen molar-refractivity contribution < 1.29 is 33.8 Å². The van der Waals surface area contributed by atoms with E-state index in [2.05, 4.69) is 10.2 Å². The smallest absolute Gasteiger partial charge is 0.330 e. The molecule has 3 N–H and O–H groups in total. The topological polar surface area (TPSA) is 163 Å². The highest BCUT2D eigenvalue weighted by molar-refractivity contribution is 8.01. The van der Waals surface area contributed by atoms with Crippen LogP contribution in [0.4, 0.5) is 0 Å². The van der Waals surface area contributed by atoms with Crippen molar-refractivity contribution in [3.05, 3.63) is 46.0 Å². The molecule has 1 aromatic rings. The summed E-state index contributed by atoms with van der Waals surface area (Å²) >= 11 is 1.41. The summed E-state index contributed by atoms with van der Waals surface area (Å²) in [5.74, 6) is -1.43. The number of nitrogens with zero attached hydrogens (tertiary/aromatic N) is 2. The molecule has 13 heteroatoms. The number of benzene rings is 1. The minimum atomic E-state index is -0.922. The van der Waals surface area contributed by atoms with E-state index in [4.69, 9.17) is 15.2 Å². The summed E-state index contributed by atoms with van der Waals surface area (Å²) in [6, 6.07) is 6.31. The Labute approximate surface area is 194 Å². The number of β-lactam (4-membered cyclic amide) rings is 1. The van der Waals surface area contributed by atoms with Crippen molar-refractivity contribution in [1.82, 2.24) is 10.2 Å². The summed E-state index contributed by atoms with van der Waals surface area (Å²) in [4.78, 5) is 53.6. The van der Waals surface area contributed by atoms with Gasteiger partial charge in [-0.15, -0.1) is 21.9 Å². The number of carbonyl (C=O) groups is 3. The first-order valence-corrected chi connectivity index (χ1v) is 11.1. The van der Waals surface area contributed by atoms with Crippen molar-refractivity contribution in [2.24, 2.45) is 5.73 Å². The second kappa shape index (κ2) is 10.4. The molecule has 0 bridgehead atoms. The van der Waals surface area contributed by atoms with Gasteiger partial charge in [0.25, 0.3) is 5.09 Å². The molecule has 0 saturated carbocycles. The molecule has 2 fully saturated rings. The minimum absolute atomic E-state index is 0.0253. The summed E-state index contributed by atoms with van der Waals surface area (Å²) in [5.41, 5.74) is 6.65. The molecule has 0 spiro atoms. The van der Waals surface area contributed by atoms with E-state index in [-0.39, 0.29) is 32.3 Å². The van der Waals surface area contributed by atoms with Crippen molar-refractivity contribution in [2.45, 2.75) is 42.1 Å². The van der Waals surface area contributed by atoms with Crippen LogP contribution in [0.2, 0.25) is 0 Å². The summed E-state index contributed by atoms with van der Waals surface area (Å²) in [5, 5.41) is 11.4. The maximum Gasteiger partial charge on any atom is 0.330 e. The Bertz CT molecular complexity index is 899. The van der Waals surface area contributed by atoms with Crippen LogP contribution in [0.3, 0.4) is 0 Å². The van der Waals surface area contributed by atoms with Gasteiger partial charge in [0.05, 0.1) is 13.2 Å². The highest BCUT2D eigenvalue weighted by Crippen LogP contribution is 2.51. The van der Waals surface area contributed by atoms with Crippen LogP contribution in [0.15, 0.2) is 30.3 Å². The number of nitrogens with one attached hydrogen (secondary N) is 1. The fourth-order valence-electron chi connectivity index (χ4n) is 3.73. The SMILES string of the molecule is CC1(C)SC2C(NC(=O)[C@@H](N)c3ccccc3)C(=O)N2C1C(=O)OCCOCCO[N+](=O)[O-]. The van der Waals surface area contributed by atoms with Crippen LogP contribution in [0, 0.1) is 10.1 Å². The molecule has 2 saturated heterocycles. The van der Waals surface area contributed by atoms with Crippen molar-refractivity contribution in [1.29, 1.82) is 0 Å². The Hall–Kier alpha value is -2.90. The third kappa shape index (κ3) is 5.54. The zero-order valence-electron chi connectivity index (χ0n) is 18.2. The van der Waals surface area contributed by atoms with E-state index in [0.29, 0.717) is 5.56 Å². The highest BCUT2D eigenvalue weighted by Gasteiger charge is 2.64. The Morgan fingerprint density at radius 2 is 1.91 bits per heavy atom. The fourth-order valence-corrected chi connectivity index (χ4v) is 5.35. The molecule has 12 nitrogen and oxygen atoms in total.